The van der Waals surface area contributed by atoms with Gasteiger partial charge in [0.1, 0.15) is 6.07 Å². The van der Waals surface area contributed by atoms with Gasteiger partial charge in [0.25, 0.3) is 0 Å². The third kappa shape index (κ3) is 3.20. The molecule has 1 N–H and O–H groups in total. The molecule has 17 heavy (non-hydrogen) atoms. The first kappa shape index (κ1) is 13.5. The molecule has 7 heteroatoms. The lowest BCUT2D eigenvalue weighted by molar-refractivity contribution is -0.138. The Kier molecular flexibility index (Phi) is 3.78. The molecule has 0 amide bonds. The Labute approximate surface area is 103 Å². The number of benzene rings is 1. The molecule has 0 spiro atoms. The monoisotopic (exact) mass is 307 g/mol. The Balaban J connectivity index is 3.40. The van der Waals surface area contributed by atoms with Crippen LogP contribution in [0.1, 0.15) is 16.7 Å². The minimum atomic E-state index is -4.58. The number of hydrogen-bond acceptors (Lipinski definition) is 2. The number of carboxylic acid groups (broad SMARTS) is 1. The Hall–Kier alpha value is -1.55. The van der Waals surface area contributed by atoms with Crippen molar-refractivity contribution in [1.29, 1.82) is 5.26 Å². The lowest BCUT2D eigenvalue weighted by atomic mass is 10.0. The quantitative estimate of drug-likeness (QED) is 0.913. The average Bonchev–Trinajstić information content (AvgIpc) is 2.14. The molecule has 0 radical (unpaired) electrons. The number of rotatable bonds is 2. The molecule has 0 saturated carbocycles. The molecule has 0 aromatic heterocycles. The molecule has 1 aromatic carbocycles. The van der Waals surface area contributed by atoms with Crippen LogP contribution in [-0.4, -0.2) is 11.1 Å². The van der Waals surface area contributed by atoms with Crippen molar-refractivity contribution in [3.8, 4) is 6.07 Å². The fraction of sp³-hybridized carbons (Fsp3) is 0.200. The van der Waals surface area contributed by atoms with Crippen LogP contribution in [0.3, 0.4) is 0 Å². The van der Waals surface area contributed by atoms with Crippen molar-refractivity contribution >= 4 is 21.9 Å². The van der Waals surface area contributed by atoms with Crippen LogP contribution in [0.15, 0.2) is 16.6 Å². The zero-order valence-corrected chi connectivity index (χ0v) is 9.76. The summed E-state index contributed by atoms with van der Waals surface area (Å²) in [5.41, 5.74) is -1.25. The van der Waals surface area contributed by atoms with E-state index < -0.39 is 24.1 Å². The number of alkyl halides is 3. The summed E-state index contributed by atoms with van der Waals surface area (Å²) < 4.78 is 37.3. The van der Waals surface area contributed by atoms with Gasteiger partial charge in [-0.1, -0.05) is 0 Å². The van der Waals surface area contributed by atoms with Gasteiger partial charge in [0.15, 0.2) is 0 Å². The van der Waals surface area contributed by atoms with E-state index >= 15 is 0 Å². The molecular formula is C10H5BrF3NO2. The molecule has 0 aliphatic rings. The molecule has 1 rings (SSSR count). The second kappa shape index (κ2) is 4.75. The van der Waals surface area contributed by atoms with Crippen molar-refractivity contribution < 1.29 is 23.1 Å². The van der Waals surface area contributed by atoms with E-state index in [-0.39, 0.29) is 15.6 Å². The maximum Gasteiger partial charge on any atom is 0.416 e. The third-order valence-corrected chi connectivity index (χ3v) is 2.58. The first-order chi connectivity index (χ1) is 7.75. The summed E-state index contributed by atoms with van der Waals surface area (Å²) >= 11 is 2.83. The van der Waals surface area contributed by atoms with E-state index in [1.54, 1.807) is 6.07 Å². The maximum atomic E-state index is 12.5. The summed E-state index contributed by atoms with van der Waals surface area (Å²) in [6, 6.07) is 3.10. The summed E-state index contributed by atoms with van der Waals surface area (Å²) in [4.78, 5) is 10.5. The summed E-state index contributed by atoms with van der Waals surface area (Å²) in [6.07, 6.45) is -5.21. The van der Waals surface area contributed by atoms with Gasteiger partial charge in [0.05, 0.1) is 17.5 Å². The van der Waals surface area contributed by atoms with Crippen molar-refractivity contribution in [3.05, 3.63) is 33.3 Å². The highest BCUT2D eigenvalue weighted by Crippen LogP contribution is 2.34. The standard InChI is InChI=1S/C10H5BrF3NO2/c11-8-3-6(10(12,13)14)1-5(2-9(16)17)7(8)4-15/h1,3H,2H2,(H,16,17). The number of nitrogens with zero attached hydrogens (tertiary/aromatic N) is 1. The minimum absolute atomic E-state index is 0.0638. The molecule has 0 heterocycles. The molecule has 0 atom stereocenters. The van der Waals surface area contributed by atoms with Crippen LogP contribution < -0.4 is 0 Å². The topological polar surface area (TPSA) is 61.1 Å². The lowest BCUT2D eigenvalue weighted by Crippen LogP contribution is -2.09. The number of aliphatic carboxylic acids is 1. The predicted octanol–water partition coefficient (Wildman–Crippen LogP) is 2.97. The smallest absolute Gasteiger partial charge is 0.416 e. The minimum Gasteiger partial charge on any atom is -0.481 e. The molecular weight excluding hydrogens is 303 g/mol. The maximum absolute atomic E-state index is 12.5. The first-order valence-electron chi connectivity index (χ1n) is 4.27. The summed E-state index contributed by atoms with van der Waals surface area (Å²) in [5, 5.41) is 17.3. The molecule has 3 nitrogen and oxygen atoms in total. The normalized spacial score (nSPS) is 11.0. The lowest BCUT2D eigenvalue weighted by Gasteiger charge is -2.11. The third-order valence-electron chi connectivity index (χ3n) is 1.95. The Bertz CT molecular complexity index is 505. The second-order valence-corrected chi connectivity index (χ2v) is 4.03. The van der Waals surface area contributed by atoms with Crippen molar-refractivity contribution in [2.45, 2.75) is 12.6 Å². The van der Waals surface area contributed by atoms with Gasteiger partial charge in [-0.15, -0.1) is 0 Å². The highest BCUT2D eigenvalue weighted by molar-refractivity contribution is 9.10. The first-order valence-corrected chi connectivity index (χ1v) is 5.06. The molecule has 0 fully saturated rings. The zero-order chi connectivity index (χ0) is 13.2. The SMILES string of the molecule is N#Cc1c(Br)cc(C(F)(F)F)cc1CC(=O)O. The summed E-state index contributed by atoms with van der Waals surface area (Å²) in [5.74, 6) is -1.30. The average molecular weight is 308 g/mol. The molecule has 0 aliphatic carbocycles. The Morgan fingerprint density at radius 2 is 2.06 bits per heavy atom. The van der Waals surface area contributed by atoms with Crippen molar-refractivity contribution in [1.82, 2.24) is 0 Å². The predicted molar refractivity (Wildman–Crippen MR) is 55.2 cm³/mol. The van der Waals surface area contributed by atoms with Crippen LogP contribution in [-0.2, 0) is 17.4 Å². The fourth-order valence-electron chi connectivity index (χ4n) is 1.25. The van der Waals surface area contributed by atoms with E-state index in [2.05, 4.69) is 15.9 Å². The zero-order valence-electron chi connectivity index (χ0n) is 8.18. The van der Waals surface area contributed by atoms with Gasteiger partial charge in [-0.25, -0.2) is 0 Å². The highest BCUT2D eigenvalue weighted by Gasteiger charge is 2.32. The Morgan fingerprint density at radius 1 is 1.47 bits per heavy atom. The van der Waals surface area contributed by atoms with Crippen molar-refractivity contribution in [2.75, 3.05) is 0 Å². The van der Waals surface area contributed by atoms with E-state index in [4.69, 9.17) is 10.4 Å². The van der Waals surface area contributed by atoms with Crippen LogP contribution in [0.4, 0.5) is 13.2 Å². The van der Waals surface area contributed by atoms with Gasteiger partial charge >= 0.3 is 12.1 Å². The van der Waals surface area contributed by atoms with E-state index in [1.165, 1.54) is 0 Å². The molecule has 0 aliphatic heterocycles. The number of carboxylic acids is 1. The van der Waals surface area contributed by atoms with E-state index in [9.17, 15) is 18.0 Å². The van der Waals surface area contributed by atoms with E-state index in [0.717, 1.165) is 6.07 Å². The largest absolute Gasteiger partial charge is 0.481 e. The highest BCUT2D eigenvalue weighted by atomic mass is 79.9. The van der Waals surface area contributed by atoms with E-state index in [0.29, 0.717) is 6.07 Å². The Morgan fingerprint density at radius 3 is 2.47 bits per heavy atom. The van der Waals surface area contributed by atoms with Gasteiger partial charge in [-0.2, -0.15) is 18.4 Å². The van der Waals surface area contributed by atoms with Crippen molar-refractivity contribution in [2.24, 2.45) is 0 Å². The number of carbonyl (C=O) groups is 1. The molecule has 0 unspecified atom stereocenters. The molecule has 90 valence electrons. The molecule has 1 aromatic rings. The molecule has 0 bridgehead atoms. The van der Waals surface area contributed by atoms with Gasteiger partial charge in [0, 0.05) is 4.47 Å². The number of halogens is 4. The van der Waals surface area contributed by atoms with Crippen LogP contribution >= 0.6 is 15.9 Å². The summed E-state index contributed by atoms with van der Waals surface area (Å²) in [6.45, 7) is 0. The molecule has 0 saturated heterocycles. The fourth-order valence-corrected chi connectivity index (χ4v) is 1.84. The second-order valence-electron chi connectivity index (χ2n) is 3.17. The van der Waals surface area contributed by atoms with E-state index in [1.807, 2.05) is 0 Å². The summed E-state index contributed by atoms with van der Waals surface area (Å²) in [7, 11) is 0. The van der Waals surface area contributed by atoms with Gasteiger partial charge in [-0.05, 0) is 33.6 Å². The van der Waals surface area contributed by atoms with Crippen LogP contribution in [0, 0.1) is 11.3 Å². The number of hydrogen-bond donors (Lipinski definition) is 1. The van der Waals surface area contributed by atoms with Crippen LogP contribution in [0.5, 0.6) is 0 Å². The van der Waals surface area contributed by atoms with Crippen LogP contribution in [0.25, 0.3) is 0 Å². The van der Waals surface area contributed by atoms with Crippen molar-refractivity contribution in [3.63, 3.8) is 0 Å². The van der Waals surface area contributed by atoms with Gasteiger partial charge in [-0.3, -0.25) is 4.79 Å². The number of nitriles is 1. The van der Waals surface area contributed by atoms with Gasteiger partial charge in [0.2, 0.25) is 0 Å². The van der Waals surface area contributed by atoms with Gasteiger partial charge < -0.3 is 5.11 Å². The van der Waals surface area contributed by atoms with Crippen LogP contribution in [0.2, 0.25) is 0 Å².